The van der Waals surface area contributed by atoms with Crippen molar-refractivity contribution in [3.05, 3.63) is 41.0 Å². The fourth-order valence-electron chi connectivity index (χ4n) is 2.07. The minimum atomic E-state index is -0.202. The van der Waals surface area contributed by atoms with Crippen molar-refractivity contribution in [3.63, 3.8) is 0 Å². The van der Waals surface area contributed by atoms with Crippen LogP contribution in [0.5, 0.6) is 0 Å². The summed E-state index contributed by atoms with van der Waals surface area (Å²) in [4.78, 5) is 18.8. The van der Waals surface area contributed by atoms with Gasteiger partial charge in [0.25, 0.3) is 0 Å². The van der Waals surface area contributed by atoms with Crippen LogP contribution in [0.4, 0.5) is 5.69 Å². The first kappa shape index (κ1) is 10.7. The molecule has 0 saturated heterocycles. The van der Waals surface area contributed by atoms with Gasteiger partial charge in [-0.3, -0.25) is 0 Å². The number of hydrogen-bond acceptors (Lipinski definition) is 3. The van der Waals surface area contributed by atoms with E-state index < -0.39 is 0 Å². The number of benzene rings is 1. The van der Waals surface area contributed by atoms with E-state index in [-0.39, 0.29) is 5.69 Å². The van der Waals surface area contributed by atoms with Gasteiger partial charge in [-0.2, -0.15) is 0 Å². The summed E-state index contributed by atoms with van der Waals surface area (Å²) >= 11 is 0. The molecule has 2 heterocycles. The second kappa shape index (κ2) is 3.80. The summed E-state index contributed by atoms with van der Waals surface area (Å²) < 4.78 is 5.44. The zero-order chi connectivity index (χ0) is 12.7. The van der Waals surface area contributed by atoms with Gasteiger partial charge in [-0.05, 0) is 24.3 Å². The van der Waals surface area contributed by atoms with E-state index >= 15 is 0 Å². The minimum absolute atomic E-state index is 0.202. The summed E-state index contributed by atoms with van der Waals surface area (Å²) in [5.74, 6) is 0.780. The first-order valence-electron chi connectivity index (χ1n) is 5.62. The molecule has 2 aromatic heterocycles. The van der Waals surface area contributed by atoms with Crippen molar-refractivity contribution >= 4 is 16.7 Å². The molecule has 0 aliphatic carbocycles. The fraction of sp³-hybridized carbons (Fsp3) is 0.154. The highest BCUT2D eigenvalue weighted by Crippen LogP contribution is 2.32. The number of rotatable bonds is 2. The second-order valence-corrected chi connectivity index (χ2v) is 4.37. The van der Waals surface area contributed by atoms with Gasteiger partial charge in [-0.1, -0.05) is 0 Å². The number of nitrogens with zero attached hydrogens (tertiary/aromatic N) is 1. The predicted octanol–water partition coefficient (Wildman–Crippen LogP) is 2.18. The third-order valence-corrected chi connectivity index (χ3v) is 2.90. The number of anilines is 1. The Kier molecular flexibility index (Phi) is 2.26. The molecular formula is C13H13N3O2. The molecule has 5 nitrogen and oxygen atoms in total. The van der Waals surface area contributed by atoms with Gasteiger partial charge in [-0.15, -0.1) is 0 Å². The van der Waals surface area contributed by atoms with Crippen molar-refractivity contribution in [2.75, 3.05) is 19.0 Å². The van der Waals surface area contributed by atoms with Crippen LogP contribution in [0.2, 0.25) is 0 Å². The molecule has 3 rings (SSSR count). The van der Waals surface area contributed by atoms with Crippen LogP contribution in [0, 0.1) is 0 Å². The zero-order valence-electron chi connectivity index (χ0n) is 10.2. The van der Waals surface area contributed by atoms with Crippen molar-refractivity contribution < 1.29 is 4.42 Å². The standard InChI is InChI=1S/C13H13N3O2/c1-16(2)11-7-10-9(14-13(17)15-10)6-8(11)12-4-3-5-18-12/h3-7H,1-2H3,(H2,14,15,17). The quantitative estimate of drug-likeness (QED) is 0.725. The number of furan rings is 1. The van der Waals surface area contributed by atoms with Gasteiger partial charge in [0.15, 0.2) is 0 Å². The van der Waals surface area contributed by atoms with Gasteiger partial charge in [-0.25, -0.2) is 4.79 Å². The van der Waals surface area contributed by atoms with Gasteiger partial charge < -0.3 is 19.3 Å². The van der Waals surface area contributed by atoms with E-state index in [2.05, 4.69) is 9.97 Å². The van der Waals surface area contributed by atoms with Gasteiger partial charge >= 0.3 is 5.69 Å². The molecule has 5 heteroatoms. The van der Waals surface area contributed by atoms with Crippen LogP contribution in [-0.4, -0.2) is 24.1 Å². The molecule has 0 fully saturated rings. The van der Waals surface area contributed by atoms with E-state index in [4.69, 9.17) is 4.42 Å². The molecule has 1 aromatic carbocycles. The number of hydrogen-bond donors (Lipinski definition) is 2. The molecule has 0 amide bonds. The van der Waals surface area contributed by atoms with Crippen LogP contribution in [0.15, 0.2) is 39.7 Å². The minimum Gasteiger partial charge on any atom is -0.464 e. The third-order valence-electron chi connectivity index (χ3n) is 2.90. The number of imidazole rings is 1. The van der Waals surface area contributed by atoms with E-state index in [0.717, 1.165) is 28.0 Å². The Morgan fingerprint density at radius 1 is 1.17 bits per heavy atom. The molecule has 0 atom stereocenters. The lowest BCUT2D eigenvalue weighted by atomic mass is 10.1. The molecule has 0 unspecified atom stereocenters. The van der Waals surface area contributed by atoms with Crippen LogP contribution in [0.25, 0.3) is 22.4 Å². The van der Waals surface area contributed by atoms with Crippen LogP contribution in [0.1, 0.15) is 0 Å². The number of fused-ring (bicyclic) bond motifs is 1. The van der Waals surface area contributed by atoms with Crippen molar-refractivity contribution in [1.82, 2.24) is 9.97 Å². The normalized spacial score (nSPS) is 11.0. The average molecular weight is 243 g/mol. The summed E-state index contributed by atoms with van der Waals surface area (Å²) in [5, 5.41) is 0. The smallest absolute Gasteiger partial charge is 0.323 e. The summed E-state index contributed by atoms with van der Waals surface area (Å²) in [6, 6.07) is 7.60. The number of H-pyrrole nitrogens is 2. The first-order chi connectivity index (χ1) is 8.65. The number of aromatic nitrogens is 2. The topological polar surface area (TPSA) is 65.0 Å². The summed E-state index contributed by atoms with van der Waals surface area (Å²) in [5.41, 5.74) is 3.31. The van der Waals surface area contributed by atoms with Gasteiger partial charge in [0.2, 0.25) is 0 Å². The summed E-state index contributed by atoms with van der Waals surface area (Å²) in [7, 11) is 3.91. The van der Waals surface area contributed by atoms with Crippen LogP contribution >= 0.6 is 0 Å². The van der Waals surface area contributed by atoms with E-state index in [1.165, 1.54) is 0 Å². The molecule has 0 radical (unpaired) electrons. The fourth-order valence-corrected chi connectivity index (χ4v) is 2.07. The molecule has 0 saturated carbocycles. The molecule has 0 bridgehead atoms. The highest BCUT2D eigenvalue weighted by molar-refractivity contribution is 5.89. The van der Waals surface area contributed by atoms with Gasteiger partial charge in [0.05, 0.1) is 17.3 Å². The SMILES string of the molecule is CN(C)c1cc2[nH]c(=O)[nH]c2cc1-c1ccco1. The zero-order valence-corrected chi connectivity index (χ0v) is 10.2. The van der Waals surface area contributed by atoms with E-state index in [0.29, 0.717) is 0 Å². The van der Waals surface area contributed by atoms with Gasteiger partial charge in [0, 0.05) is 25.3 Å². The maximum absolute atomic E-state index is 11.3. The molecule has 18 heavy (non-hydrogen) atoms. The maximum atomic E-state index is 11.3. The Labute approximate surface area is 103 Å². The lowest BCUT2D eigenvalue weighted by molar-refractivity contribution is 0.582. The van der Waals surface area contributed by atoms with Crippen LogP contribution in [-0.2, 0) is 0 Å². The van der Waals surface area contributed by atoms with Crippen molar-refractivity contribution in [2.45, 2.75) is 0 Å². The van der Waals surface area contributed by atoms with Gasteiger partial charge in [0.1, 0.15) is 5.76 Å². The van der Waals surface area contributed by atoms with Crippen LogP contribution in [0.3, 0.4) is 0 Å². The number of aromatic amines is 2. The first-order valence-corrected chi connectivity index (χ1v) is 5.62. The Morgan fingerprint density at radius 2 is 1.89 bits per heavy atom. The Balaban J connectivity index is 2.33. The molecule has 3 aromatic rings. The summed E-state index contributed by atoms with van der Waals surface area (Å²) in [6.07, 6.45) is 1.64. The lowest BCUT2D eigenvalue weighted by Gasteiger charge is -2.16. The summed E-state index contributed by atoms with van der Waals surface area (Å²) in [6.45, 7) is 0. The Hall–Kier alpha value is -2.43. The van der Waals surface area contributed by atoms with Crippen LogP contribution < -0.4 is 10.6 Å². The third kappa shape index (κ3) is 1.60. The highest BCUT2D eigenvalue weighted by Gasteiger charge is 2.12. The monoisotopic (exact) mass is 243 g/mol. The molecule has 92 valence electrons. The molecule has 2 N–H and O–H groups in total. The van der Waals surface area contributed by atoms with E-state index in [9.17, 15) is 4.79 Å². The average Bonchev–Trinajstić information content (AvgIpc) is 2.93. The molecule has 0 aliphatic heterocycles. The molecular weight excluding hydrogens is 230 g/mol. The van der Waals surface area contributed by atoms with Crippen molar-refractivity contribution in [1.29, 1.82) is 0 Å². The largest absolute Gasteiger partial charge is 0.464 e. The van der Waals surface area contributed by atoms with E-state index in [1.54, 1.807) is 6.26 Å². The Bertz CT molecular complexity index is 735. The Morgan fingerprint density at radius 3 is 2.50 bits per heavy atom. The highest BCUT2D eigenvalue weighted by atomic mass is 16.3. The second-order valence-electron chi connectivity index (χ2n) is 4.37. The molecule has 0 spiro atoms. The predicted molar refractivity (Wildman–Crippen MR) is 70.9 cm³/mol. The number of nitrogens with one attached hydrogen (secondary N) is 2. The van der Waals surface area contributed by atoms with Crippen molar-refractivity contribution in [2.24, 2.45) is 0 Å². The van der Waals surface area contributed by atoms with E-state index in [1.807, 2.05) is 43.3 Å². The lowest BCUT2D eigenvalue weighted by Crippen LogP contribution is -2.09. The van der Waals surface area contributed by atoms with Crippen molar-refractivity contribution in [3.8, 4) is 11.3 Å². The molecule has 0 aliphatic rings. The maximum Gasteiger partial charge on any atom is 0.323 e.